The molecule has 0 saturated heterocycles. The molecule has 0 radical (unpaired) electrons. The van der Waals surface area contributed by atoms with Crippen LogP contribution in [0, 0.1) is 0 Å². The average Bonchev–Trinajstić information content (AvgIpc) is 3.00. The number of para-hydroxylation sites is 1. The first-order chi connectivity index (χ1) is 11.8. The summed E-state index contributed by atoms with van der Waals surface area (Å²) in [5, 5.41) is 5.53. The summed E-state index contributed by atoms with van der Waals surface area (Å²) >= 11 is 0. The largest absolute Gasteiger partial charge is 0.456 e. The molecule has 0 saturated carbocycles. The topological polar surface area (TPSA) is 42.2 Å². The molecule has 0 spiro atoms. The molecule has 4 aromatic rings. The van der Waals surface area contributed by atoms with E-state index in [2.05, 4.69) is 17.4 Å². The number of nitrogens with one attached hydrogen (secondary N) is 1. The molecule has 3 aromatic carbocycles. The summed E-state index contributed by atoms with van der Waals surface area (Å²) in [7, 11) is 0. The fourth-order valence-electron chi connectivity index (χ4n) is 2.92. The maximum absolute atomic E-state index is 12.1. The van der Waals surface area contributed by atoms with Gasteiger partial charge in [0.2, 0.25) is 0 Å². The van der Waals surface area contributed by atoms with Gasteiger partial charge in [0.25, 0.3) is 0 Å². The number of benzene rings is 3. The molecular weight excluding hydrogens is 298 g/mol. The highest BCUT2D eigenvalue weighted by Gasteiger charge is 2.08. The second kappa shape index (κ2) is 6.20. The van der Waals surface area contributed by atoms with Crippen molar-refractivity contribution in [2.45, 2.75) is 6.42 Å². The minimum atomic E-state index is 0.146. The van der Waals surface area contributed by atoms with Gasteiger partial charge in [0.15, 0.2) is 5.78 Å². The fraction of sp³-hybridized carbons (Fsp3) is 0.0952. The molecule has 1 aromatic heterocycles. The number of furan rings is 1. The SMILES string of the molecule is O=C(CCNc1ccc2c(c1)oc1ccccc12)c1ccccc1. The first-order valence-corrected chi connectivity index (χ1v) is 8.05. The van der Waals surface area contributed by atoms with E-state index in [-0.39, 0.29) is 5.78 Å². The smallest absolute Gasteiger partial charge is 0.164 e. The number of Topliss-reactive ketones (excluding diaryl/α,β-unsaturated/α-hetero) is 1. The van der Waals surface area contributed by atoms with Crippen LogP contribution in [0.5, 0.6) is 0 Å². The first kappa shape index (κ1) is 14.5. The standard InChI is InChI=1S/C21H17NO2/c23-19(15-6-2-1-3-7-15)12-13-22-16-10-11-18-17-8-4-5-9-20(17)24-21(18)14-16/h1-11,14,22H,12-13H2. The maximum Gasteiger partial charge on any atom is 0.164 e. The van der Waals surface area contributed by atoms with Crippen LogP contribution >= 0.6 is 0 Å². The van der Waals surface area contributed by atoms with E-state index in [1.54, 1.807) is 0 Å². The molecular formula is C21H17NO2. The monoisotopic (exact) mass is 315 g/mol. The summed E-state index contributed by atoms with van der Waals surface area (Å²) in [6.45, 7) is 0.597. The second-order valence-electron chi connectivity index (χ2n) is 5.78. The van der Waals surface area contributed by atoms with Gasteiger partial charge in [0.1, 0.15) is 11.2 Å². The van der Waals surface area contributed by atoms with Crippen LogP contribution < -0.4 is 5.32 Å². The lowest BCUT2D eigenvalue weighted by Gasteiger charge is -2.06. The predicted molar refractivity (Wildman–Crippen MR) is 97.6 cm³/mol. The Morgan fingerprint density at radius 1 is 0.833 bits per heavy atom. The van der Waals surface area contributed by atoms with Crippen molar-refractivity contribution in [2.75, 3.05) is 11.9 Å². The van der Waals surface area contributed by atoms with Crippen molar-refractivity contribution in [3.05, 3.63) is 78.4 Å². The molecule has 0 atom stereocenters. The lowest BCUT2D eigenvalue weighted by molar-refractivity contribution is 0.0986. The predicted octanol–water partition coefficient (Wildman–Crippen LogP) is 5.27. The molecule has 4 rings (SSSR count). The highest BCUT2D eigenvalue weighted by Crippen LogP contribution is 2.30. The summed E-state index contributed by atoms with van der Waals surface area (Å²) in [6.07, 6.45) is 0.460. The number of fused-ring (bicyclic) bond motifs is 3. The molecule has 1 heterocycles. The Kier molecular flexibility index (Phi) is 3.75. The van der Waals surface area contributed by atoms with E-state index in [1.165, 1.54) is 0 Å². The van der Waals surface area contributed by atoms with Crippen molar-refractivity contribution < 1.29 is 9.21 Å². The van der Waals surface area contributed by atoms with Crippen LogP contribution in [-0.4, -0.2) is 12.3 Å². The molecule has 118 valence electrons. The Bertz CT molecular complexity index is 1000. The molecule has 3 heteroatoms. The summed E-state index contributed by atoms with van der Waals surface area (Å²) < 4.78 is 5.88. The van der Waals surface area contributed by atoms with Crippen LogP contribution in [0.15, 0.2) is 77.2 Å². The molecule has 3 nitrogen and oxygen atoms in total. The number of carbonyl (C=O) groups excluding carboxylic acids is 1. The van der Waals surface area contributed by atoms with Gasteiger partial charge in [-0.05, 0) is 18.2 Å². The molecule has 0 aliphatic rings. The van der Waals surface area contributed by atoms with Crippen molar-refractivity contribution in [3.63, 3.8) is 0 Å². The lowest BCUT2D eigenvalue weighted by atomic mass is 10.1. The Morgan fingerprint density at radius 2 is 1.58 bits per heavy atom. The van der Waals surface area contributed by atoms with E-state index in [4.69, 9.17) is 4.42 Å². The van der Waals surface area contributed by atoms with Crippen molar-refractivity contribution in [1.82, 2.24) is 0 Å². The number of hydrogen-bond acceptors (Lipinski definition) is 3. The molecule has 0 aliphatic heterocycles. The van der Waals surface area contributed by atoms with Crippen molar-refractivity contribution in [3.8, 4) is 0 Å². The quantitative estimate of drug-likeness (QED) is 0.510. The lowest BCUT2D eigenvalue weighted by Crippen LogP contribution is -2.08. The minimum absolute atomic E-state index is 0.146. The number of rotatable bonds is 5. The molecule has 0 aliphatic carbocycles. The number of hydrogen-bond donors (Lipinski definition) is 1. The van der Waals surface area contributed by atoms with Gasteiger partial charge in [-0.25, -0.2) is 0 Å². The Labute approximate surface area is 139 Å². The first-order valence-electron chi connectivity index (χ1n) is 8.05. The van der Waals surface area contributed by atoms with Gasteiger partial charge in [-0.1, -0.05) is 48.5 Å². The van der Waals surface area contributed by atoms with Crippen molar-refractivity contribution >= 4 is 33.4 Å². The van der Waals surface area contributed by atoms with Gasteiger partial charge in [0.05, 0.1) is 0 Å². The van der Waals surface area contributed by atoms with Gasteiger partial charge in [-0.3, -0.25) is 4.79 Å². The van der Waals surface area contributed by atoms with E-state index in [0.717, 1.165) is 33.2 Å². The number of carbonyl (C=O) groups is 1. The van der Waals surface area contributed by atoms with Crippen molar-refractivity contribution in [1.29, 1.82) is 0 Å². The normalized spacial score (nSPS) is 11.0. The summed E-state index contributed by atoms with van der Waals surface area (Å²) in [4.78, 5) is 12.1. The van der Waals surface area contributed by atoms with E-state index in [1.807, 2.05) is 60.7 Å². The van der Waals surface area contributed by atoms with Gasteiger partial charge in [0, 0.05) is 41.1 Å². The van der Waals surface area contributed by atoms with Crippen LogP contribution in [0.4, 0.5) is 5.69 Å². The molecule has 1 N–H and O–H groups in total. The molecule has 0 bridgehead atoms. The van der Waals surface area contributed by atoms with Crippen LogP contribution in [0.1, 0.15) is 16.8 Å². The Morgan fingerprint density at radius 3 is 2.46 bits per heavy atom. The molecule has 0 amide bonds. The highest BCUT2D eigenvalue weighted by molar-refractivity contribution is 6.05. The van der Waals surface area contributed by atoms with Crippen LogP contribution in [0.2, 0.25) is 0 Å². The zero-order valence-corrected chi connectivity index (χ0v) is 13.2. The van der Waals surface area contributed by atoms with E-state index < -0.39 is 0 Å². The van der Waals surface area contributed by atoms with E-state index >= 15 is 0 Å². The molecule has 0 fully saturated rings. The van der Waals surface area contributed by atoms with Gasteiger partial charge in [-0.2, -0.15) is 0 Å². The molecule has 24 heavy (non-hydrogen) atoms. The highest BCUT2D eigenvalue weighted by atomic mass is 16.3. The average molecular weight is 315 g/mol. The third kappa shape index (κ3) is 2.76. The van der Waals surface area contributed by atoms with Crippen LogP contribution in [-0.2, 0) is 0 Å². The van der Waals surface area contributed by atoms with Crippen LogP contribution in [0.25, 0.3) is 21.9 Å². The van der Waals surface area contributed by atoms with Gasteiger partial charge < -0.3 is 9.73 Å². The van der Waals surface area contributed by atoms with E-state index in [9.17, 15) is 4.79 Å². The Hall–Kier alpha value is -3.07. The zero-order valence-electron chi connectivity index (χ0n) is 13.2. The fourth-order valence-corrected chi connectivity index (χ4v) is 2.92. The summed E-state index contributed by atoms with van der Waals surface area (Å²) in [5.41, 5.74) is 3.47. The maximum atomic E-state index is 12.1. The minimum Gasteiger partial charge on any atom is -0.456 e. The summed E-state index contributed by atoms with van der Waals surface area (Å²) in [5.74, 6) is 0.146. The zero-order chi connectivity index (χ0) is 16.4. The summed E-state index contributed by atoms with van der Waals surface area (Å²) in [6, 6.07) is 23.5. The third-order valence-electron chi connectivity index (χ3n) is 4.16. The number of anilines is 1. The van der Waals surface area contributed by atoms with Crippen molar-refractivity contribution in [2.24, 2.45) is 0 Å². The van der Waals surface area contributed by atoms with Gasteiger partial charge >= 0.3 is 0 Å². The van der Waals surface area contributed by atoms with Crippen LogP contribution in [0.3, 0.4) is 0 Å². The van der Waals surface area contributed by atoms with Gasteiger partial charge in [-0.15, -0.1) is 0 Å². The third-order valence-corrected chi connectivity index (χ3v) is 4.16. The van der Waals surface area contributed by atoms with E-state index in [0.29, 0.717) is 13.0 Å². The molecule has 0 unspecified atom stereocenters. The number of ketones is 1. The Balaban J connectivity index is 1.47. The second-order valence-corrected chi connectivity index (χ2v) is 5.78.